The highest BCUT2D eigenvalue weighted by atomic mass is 16.6. The molecule has 28 heavy (non-hydrogen) atoms. The van der Waals surface area contributed by atoms with Crippen molar-refractivity contribution in [3.63, 3.8) is 0 Å². The predicted octanol–water partition coefficient (Wildman–Crippen LogP) is 4.65. The Kier molecular flexibility index (Phi) is 4.61. The second-order valence-electron chi connectivity index (χ2n) is 8.23. The number of likely N-dealkylation sites (tertiary alicyclic amines) is 1. The van der Waals surface area contributed by atoms with Crippen LogP contribution < -0.4 is 0 Å². The van der Waals surface area contributed by atoms with E-state index in [1.807, 2.05) is 38.1 Å². The Hall–Kier alpha value is -2.82. The molecule has 1 aliphatic carbocycles. The predicted molar refractivity (Wildman–Crippen MR) is 106 cm³/mol. The molecular weight excluding hydrogens is 354 g/mol. The standard InChI is InChI=1S/C23H25NO4/c1-23(2)13-7-12-20(21(25)26)24(23)22(27)28-14-19-17-10-5-3-8-15(17)16-9-4-6-11-18(16)19/h3-6,8-11,19-20H,7,12-14H2,1-2H3,(H,25,26). The molecule has 146 valence electrons. The summed E-state index contributed by atoms with van der Waals surface area (Å²) in [5, 5.41) is 9.58. The highest BCUT2D eigenvalue weighted by Gasteiger charge is 2.44. The van der Waals surface area contributed by atoms with Crippen molar-refractivity contribution in [2.45, 2.75) is 50.6 Å². The summed E-state index contributed by atoms with van der Waals surface area (Å²) < 4.78 is 5.72. The molecule has 1 aliphatic heterocycles. The van der Waals surface area contributed by atoms with Gasteiger partial charge in [0.25, 0.3) is 0 Å². The second-order valence-corrected chi connectivity index (χ2v) is 8.23. The summed E-state index contributed by atoms with van der Waals surface area (Å²) >= 11 is 0. The number of carboxylic acids is 1. The first-order chi connectivity index (χ1) is 13.4. The number of benzene rings is 2. The summed E-state index contributed by atoms with van der Waals surface area (Å²) in [6, 6.07) is 15.5. The van der Waals surface area contributed by atoms with Gasteiger partial charge in [0.1, 0.15) is 12.6 Å². The number of carbonyl (C=O) groups is 2. The first-order valence-corrected chi connectivity index (χ1v) is 9.77. The number of carbonyl (C=O) groups excluding carboxylic acids is 1. The Bertz CT molecular complexity index is 875. The summed E-state index contributed by atoms with van der Waals surface area (Å²) in [6.07, 6.45) is 1.47. The van der Waals surface area contributed by atoms with Gasteiger partial charge in [-0.05, 0) is 55.4 Å². The van der Waals surface area contributed by atoms with Crippen LogP contribution in [0, 0.1) is 0 Å². The van der Waals surface area contributed by atoms with Crippen molar-refractivity contribution in [1.29, 1.82) is 0 Å². The lowest BCUT2D eigenvalue weighted by molar-refractivity contribution is -0.147. The number of piperidine rings is 1. The topological polar surface area (TPSA) is 66.8 Å². The SMILES string of the molecule is CC1(C)CCCC(C(=O)O)N1C(=O)OCC1c2ccccc2-c2ccccc21. The number of rotatable bonds is 3. The fraction of sp³-hybridized carbons (Fsp3) is 0.391. The van der Waals surface area contributed by atoms with Gasteiger partial charge in [-0.3, -0.25) is 4.90 Å². The largest absolute Gasteiger partial charge is 0.480 e. The van der Waals surface area contributed by atoms with Crippen molar-refractivity contribution >= 4 is 12.1 Å². The molecule has 0 saturated carbocycles. The van der Waals surface area contributed by atoms with E-state index in [1.165, 1.54) is 16.0 Å². The van der Waals surface area contributed by atoms with Gasteiger partial charge in [0.15, 0.2) is 0 Å². The average molecular weight is 379 g/mol. The number of fused-ring (bicyclic) bond motifs is 3. The number of aliphatic carboxylic acids is 1. The van der Waals surface area contributed by atoms with Crippen molar-refractivity contribution in [2.24, 2.45) is 0 Å². The third-order valence-electron chi connectivity index (χ3n) is 6.05. The van der Waals surface area contributed by atoms with Gasteiger partial charge in [-0.15, -0.1) is 0 Å². The van der Waals surface area contributed by atoms with E-state index in [1.54, 1.807) is 0 Å². The molecule has 1 heterocycles. The molecule has 1 N–H and O–H groups in total. The molecule has 5 heteroatoms. The van der Waals surface area contributed by atoms with Crippen LogP contribution >= 0.6 is 0 Å². The van der Waals surface area contributed by atoms with E-state index in [-0.39, 0.29) is 12.5 Å². The Labute approximate surface area is 164 Å². The van der Waals surface area contributed by atoms with Gasteiger partial charge in [-0.2, -0.15) is 0 Å². The fourth-order valence-corrected chi connectivity index (χ4v) is 4.67. The van der Waals surface area contributed by atoms with Crippen LogP contribution in [-0.2, 0) is 9.53 Å². The Morgan fingerprint density at radius 3 is 2.21 bits per heavy atom. The minimum Gasteiger partial charge on any atom is -0.480 e. The molecule has 2 aromatic carbocycles. The van der Waals surface area contributed by atoms with E-state index < -0.39 is 23.6 Å². The van der Waals surface area contributed by atoms with Crippen molar-refractivity contribution in [3.05, 3.63) is 59.7 Å². The van der Waals surface area contributed by atoms with E-state index in [0.717, 1.165) is 24.0 Å². The molecule has 5 nitrogen and oxygen atoms in total. The number of carboxylic acid groups (broad SMARTS) is 1. The minimum absolute atomic E-state index is 0.0347. The summed E-state index contributed by atoms with van der Waals surface area (Å²) in [7, 11) is 0. The van der Waals surface area contributed by atoms with Gasteiger partial charge >= 0.3 is 12.1 Å². The number of ether oxygens (including phenoxy) is 1. The maximum Gasteiger partial charge on any atom is 0.410 e. The summed E-state index contributed by atoms with van der Waals surface area (Å²) in [5.74, 6) is -1.01. The van der Waals surface area contributed by atoms with Crippen LogP contribution in [0.15, 0.2) is 48.5 Å². The molecular formula is C23H25NO4. The lowest BCUT2D eigenvalue weighted by atomic mass is 9.86. The van der Waals surface area contributed by atoms with Gasteiger partial charge in [0, 0.05) is 11.5 Å². The van der Waals surface area contributed by atoms with Crippen LogP contribution in [0.4, 0.5) is 4.79 Å². The Morgan fingerprint density at radius 1 is 1.07 bits per heavy atom. The minimum atomic E-state index is -0.971. The molecule has 1 amide bonds. The molecule has 0 radical (unpaired) electrons. The van der Waals surface area contributed by atoms with Gasteiger partial charge in [-0.1, -0.05) is 48.5 Å². The van der Waals surface area contributed by atoms with Crippen LogP contribution in [0.25, 0.3) is 11.1 Å². The summed E-state index contributed by atoms with van der Waals surface area (Å²) in [4.78, 5) is 26.1. The third kappa shape index (κ3) is 3.05. The van der Waals surface area contributed by atoms with Gasteiger partial charge in [-0.25, -0.2) is 9.59 Å². The third-order valence-corrected chi connectivity index (χ3v) is 6.05. The molecule has 0 bridgehead atoms. The molecule has 1 fully saturated rings. The maximum atomic E-state index is 12.9. The zero-order valence-corrected chi connectivity index (χ0v) is 16.2. The van der Waals surface area contributed by atoms with E-state index >= 15 is 0 Å². The van der Waals surface area contributed by atoms with Gasteiger partial charge < -0.3 is 9.84 Å². The van der Waals surface area contributed by atoms with Crippen LogP contribution in [0.3, 0.4) is 0 Å². The molecule has 1 saturated heterocycles. The van der Waals surface area contributed by atoms with Crippen molar-refractivity contribution in [1.82, 2.24) is 4.90 Å². The number of amides is 1. The fourth-order valence-electron chi connectivity index (χ4n) is 4.67. The first-order valence-electron chi connectivity index (χ1n) is 9.77. The molecule has 0 spiro atoms. The molecule has 0 aromatic heterocycles. The van der Waals surface area contributed by atoms with Crippen LogP contribution in [0.2, 0.25) is 0 Å². The average Bonchev–Trinajstić information content (AvgIpc) is 2.99. The zero-order chi connectivity index (χ0) is 19.9. The first kappa shape index (κ1) is 18.5. The smallest absolute Gasteiger partial charge is 0.410 e. The summed E-state index contributed by atoms with van der Waals surface area (Å²) in [5.41, 5.74) is 4.08. The normalized spacial score (nSPS) is 20.4. The summed E-state index contributed by atoms with van der Waals surface area (Å²) in [6.45, 7) is 4.01. The van der Waals surface area contributed by atoms with Crippen LogP contribution in [-0.4, -0.2) is 40.3 Å². The van der Waals surface area contributed by atoms with Crippen LogP contribution in [0.1, 0.15) is 50.2 Å². The lowest BCUT2D eigenvalue weighted by Gasteiger charge is -2.45. The molecule has 1 unspecified atom stereocenters. The molecule has 2 aromatic rings. The highest BCUT2D eigenvalue weighted by Crippen LogP contribution is 2.44. The molecule has 1 atom stereocenters. The zero-order valence-electron chi connectivity index (χ0n) is 16.2. The quantitative estimate of drug-likeness (QED) is 0.843. The van der Waals surface area contributed by atoms with E-state index in [9.17, 15) is 14.7 Å². The van der Waals surface area contributed by atoms with Crippen molar-refractivity contribution in [3.8, 4) is 11.1 Å². The lowest BCUT2D eigenvalue weighted by Crippen LogP contribution is -2.58. The highest BCUT2D eigenvalue weighted by molar-refractivity contribution is 5.82. The Morgan fingerprint density at radius 2 is 1.64 bits per heavy atom. The second kappa shape index (κ2) is 6.97. The van der Waals surface area contributed by atoms with E-state index in [0.29, 0.717) is 6.42 Å². The van der Waals surface area contributed by atoms with E-state index in [4.69, 9.17) is 4.74 Å². The molecule has 2 aliphatic rings. The van der Waals surface area contributed by atoms with Gasteiger partial charge in [0.2, 0.25) is 0 Å². The van der Waals surface area contributed by atoms with Crippen LogP contribution in [0.5, 0.6) is 0 Å². The number of hydrogen-bond donors (Lipinski definition) is 1. The van der Waals surface area contributed by atoms with Gasteiger partial charge in [0.05, 0.1) is 0 Å². The molecule has 4 rings (SSSR count). The number of hydrogen-bond acceptors (Lipinski definition) is 3. The Balaban J connectivity index is 1.57. The van der Waals surface area contributed by atoms with Crippen molar-refractivity contribution in [2.75, 3.05) is 6.61 Å². The maximum absolute atomic E-state index is 12.9. The monoisotopic (exact) mass is 379 g/mol. The van der Waals surface area contributed by atoms with Crippen molar-refractivity contribution < 1.29 is 19.4 Å². The van der Waals surface area contributed by atoms with E-state index in [2.05, 4.69) is 24.3 Å². The number of nitrogens with zero attached hydrogens (tertiary/aromatic N) is 1.